The molecular formula is C15H13BrFN5O2. The van der Waals surface area contributed by atoms with Gasteiger partial charge in [-0.15, -0.1) is 0 Å². The molecule has 0 radical (unpaired) electrons. The van der Waals surface area contributed by atoms with Gasteiger partial charge in [-0.05, 0) is 22.0 Å². The SMILES string of the molecule is Cn1nc(Br)c2c(=O)n(CC(=O)NCc3ccccc3F)cnc21. The summed E-state index contributed by atoms with van der Waals surface area (Å²) in [6.07, 6.45) is 1.29. The van der Waals surface area contributed by atoms with E-state index in [0.29, 0.717) is 21.2 Å². The van der Waals surface area contributed by atoms with Crippen LogP contribution in [0.2, 0.25) is 0 Å². The van der Waals surface area contributed by atoms with Crippen LogP contribution in [-0.4, -0.2) is 25.2 Å². The molecule has 0 fully saturated rings. The average Bonchev–Trinajstić information content (AvgIpc) is 2.84. The molecular weight excluding hydrogens is 381 g/mol. The van der Waals surface area contributed by atoms with Crippen LogP contribution in [0.25, 0.3) is 11.0 Å². The number of hydrogen-bond donors (Lipinski definition) is 1. The predicted octanol–water partition coefficient (Wildman–Crippen LogP) is 1.35. The van der Waals surface area contributed by atoms with Crippen LogP contribution in [0.1, 0.15) is 5.56 Å². The largest absolute Gasteiger partial charge is 0.350 e. The standard InChI is InChI=1S/C15H13BrFN5O2/c1-21-14-12(13(16)20-21)15(24)22(8-19-14)7-11(23)18-6-9-4-2-3-5-10(9)17/h2-5,8H,6-7H2,1H3,(H,18,23). The second-order valence-electron chi connectivity index (χ2n) is 5.16. The number of nitrogens with zero attached hydrogens (tertiary/aromatic N) is 4. The summed E-state index contributed by atoms with van der Waals surface area (Å²) in [5.41, 5.74) is 0.428. The third kappa shape index (κ3) is 3.07. The molecule has 0 aliphatic carbocycles. The molecule has 124 valence electrons. The van der Waals surface area contributed by atoms with Crippen molar-refractivity contribution in [2.45, 2.75) is 13.1 Å². The van der Waals surface area contributed by atoms with Crippen LogP contribution in [-0.2, 0) is 24.9 Å². The highest BCUT2D eigenvalue weighted by Crippen LogP contribution is 2.16. The maximum Gasteiger partial charge on any atom is 0.266 e. The molecule has 7 nitrogen and oxygen atoms in total. The van der Waals surface area contributed by atoms with E-state index in [4.69, 9.17) is 0 Å². The van der Waals surface area contributed by atoms with Gasteiger partial charge in [0.05, 0.1) is 0 Å². The molecule has 0 bridgehead atoms. The van der Waals surface area contributed by atoms with Crippen LogP contribution in [0, 0.1) is 5.82 Å². The van der Waals surface area contributed by atoms with Crippen molar-refractivity contribution in [3.8, 4) is 0 Å². The second-order valence-corrected chi connectivity index (χ2v) is 5.91. The number of fused-ring (bicyclic) bond motifs is 1. The Kier molecular flexibility index (Phi) is 4.43. The minimum Gasteiger partial charge on any atom is -0.350 e. The number of halogens is 2. The van der Waals surface area contributed by atoms with Gasteiger partial charge in [0.1, 0.15) is 28.7 Å². The predicted molar refractivity (Wildman–Crippen MR) is 88.7 cm³/mol. The summed E-state index contributed by atoms with van der Waals surface area (Å²) >= 11 is 3.21. The lowest BCUT2D eigenvalue weighted by Gasteiger charge is -2.08. The van der Waals surface area contributed by atoms with Gasteiger partial charge in [-0.25, -0.2) is 14.1 Å². The van der Waals surface area contributed by atoms with Crippen LogP contribution in [0.3, 0.4) is 0 Å². The van der Waals surface area contributed by atoms with Crippen molar-refractivity contribution in [3.05, 3.63) is 56.9 Å². The first kappa shape index (κ1) is 16.3. The third-order valence-corrected chi connectivity index (χ3v) is 4.07. The summed E-state index contributed by atoms with van der Waals surface area (Å²) in [6, 6.07) is 6.17. The molecule has 1 aromatic carbocycles. The topological polar surface area (TPSA) is 81.8 Å². The van der Waals surface area contributed by atoms with Crippen molar-refractivity contribution < 1.29 is 9.18 Å². The molecule has 0 saturated carbocycles. The normalized spacial score (nSPS) is 11.0. The zero-order chi connectivity index (χ0) is 17.3. The van der Waals surface area contributed by atoms with E-state index in [2.05, 4.69) is 31.3 Å². The van der Waals surface area contributed by atoms with Crippen LogP contribution < -0.4 is 10.9 Å². The van der Waals surface area contributed by atoms with E-state index < -0.39 is 11.7 Å². The number of carbonyl (C=O) groups is 1. The van der Waals surface area contributed by atoms with E-state index in [0.717, 1.165) is 0 Å². The molecule has 2 heterocycles. The Hall–Kier alpha value is -2.55. The number of aryl methyl sites for hydroxylation is 1. The molecule has 24 heavy (non-hydrogen) atoms. The Morgan fingerprint density at radius 1 is 1.38 bits per heavy atom. The van der Waals surface area contributed by atoms with E-state index in [9.17, 15) is 14.0 Å². The first-order valence-corrected chi connectivity index (χ1v) is 7.84. The fraction of sp³-hybridized carbons (Fsp3) is 0.200. The molecule has 1 N–H and O–H groups in total. The van der Waals surface area contributed by atoms with Gasteiger partial charge in [0.2, 0.25) is 5.91 Å². The molecule has 0 aliphatic heterocycles. The lowest BCUT2D eigenvalue weighted by atomic mass is 10.2. The quantitative estimate of drug-likeness (QED) is 0.725. The van der Waals surface area contributed by atoms with E-state index in [1.807, 2.05) is 0 Å². The minimum absolute atomic E-state index is 0.0481. The van der Waals surface area contributed by atoms with E-state index >= 15 is 0 Å². The van der Waals surface area contributed by atoms with E-state index in [1.165, 1.54) is 21.6 Å². The number of benzene rings is 1. The molecule has 0 spiro atoms. The summed E-state index contributed by atoms with van der Waals surface area (Å²) in [5.74, 6) is -0.807. The van der Waals surface area contributed by atoms with Crippen molar-refractivity contribution >= 4 is 32.9 Å². The molecule has 0 aliphatic rings. The highest BCUT2D eigenvalue weighted by molar-refractivity contribution is 9.10. The van der Waals surface area contributed by atoms with Crippen LogP contribution in [0.5, 0.6) is 0 Å². The smallest absolute Gasteiger partial charge is 0.266 e. The molecule has 0 atom stereocenters. The number of aromatic nitrogens is 4. The number of carbonyl (C=O) groups excluding carboxylic acids is 1. The number of amides is 1. The molecule has 0 saturated heterocycles. The Morgan fingerprint density at radius 3 is 2.88 bits per heavy atom. The Bertz CT molecular complexity index is 982. The minimum atomic E-state index is -0.415. The van der Waals surface area contributed by atoms with Gasteiger partial charge in [0, 0.05) is 19.2 Å². The summed E-state index contributed by atoms with van der Waals surface area (Å²) in [4.78, 5) is 28.6. The van der Waals surface area contributed by atoms with Gasteiger partial charge in [0.25, 0.3) is 5.56 Å². The first-order valence-electron chi connectivity index (χ1n) is 7.05. The van der Waals surface area contributed by atoms with Crippen molar-refractivity contribution in [2.24, 2.45) is 7.05 Å². The maximum absolute atomic E-state index is 13.5. The highest BCUT2D eigenvalue weighted by Gasteiger charge is 2.15. The van der Waals surface area contributed by atoms with Gasteiger partial charge in [-0.1, -0.05) is 18.2 Å². The van der Waals surface area contributed by atoms with Gasteiger partial charge in [0.15, 0.2) is 5.65 Å². The monoisotopic (exact) mass is 393 g/mol. The summed E-state index contributed by atoms with van der Waals surface area (Å²) in [6.45, 7) is -0.163. The molecule has 9 heteroatoms. The molecule has 3 rings (SSSR count). The number of rotatable bonds is 4. The van der Waals surface area contributed by atoms with Gasteiger partial charge in [-0.3, -0.25) is 14.2 Å². The van der Waals surface area contributed by atoms with Gasteiger partial charge >= 0.3 is 0 Å². The molecule has 0 unspecified atom stereocenters. The fourth-order valence-electron chi connectivity index (χ4n) is 2.29. The van der Waals surface area contributed by atoms with Gasteiger partial charge < -0.3 is 5.32 Å². The van der Waals surface area contributed by atoms with Crippen molar-refractivity contribution in [2.75, 3.05) is 0 Å². The zero-order valence-corrected chi connectivity index (χ0v) is 14.2. The highest BCUT2D eigenvalue weighted by atomic mass is 79.9. The Labute approximate surface area is 144 Å². The summed E-state index contributed by atoms with van der Waals surface area (Å²) in [5, 5.41) is 6.96. The lowest BCUT2D eigenvalue weighted by molar-refractivity contribution is -0.121. The second kappa shape index (κ2) is 6.52. The van der Waals surface area contributed by atoms with Crippen LogP contribution in [0.4, 0.5) is 4.39 Å². The van der Waals surface area contributed by atoms with Crippen molar-refractivity contribution in [1.29, 1.82) is 0 Å². The first-order chi connectivity index (χ1) is 11.5. The molecule has 3 aromatic rings. The van der Waals surface area contributed by atoms with Gasteiger partial charge in [-0.2, -0.15) is 5.10 Å². The van der Waals surface area contributed by atoms with Crippen LogP contribution in [0.15, 0.2) is 40.0 Å². The Morgan fingerprint density at radius 2 is 2.12 bits per heavy atom. The van der Waals surface area contributed by atoms with Crippen molar-refractivity contribution in [1.82, 2.24) is 24.6 Å². The molecule has 2 aromatic heterocycles. The lowest BCUT2D eigenvalue weighted by Crippen LogP contribution is -2.32. The Balaban J connectivity index is 1.76. The number of nitrogens with one attached hydrogen (secondary N) is 1. The molecule has 1 amide bonds. The van der Waals surface area contributed by atoms with Crippen molar-refractivity contribution in [3.63, 3.8) is 0 Å². The zero-order valence-electron chi connectivity index (χ0n) is 12.7. The third-order valence-electron chi connectivity index (χ3n) is 3.52. The summed E-state index contributed by atoms with van der Waals surface area (Å²) in [7, 11) is 1.67. The van der Waals surface area contributed by atoms with E-state index in [-0.39, 0.29) is 18.6 Å². The average molecular weight is 394 g/mol. The van der Waals surface area contributed by atoms with Crippen LogP contribution >= 0.6 is 15.9 Å². The van der Waals surface area contributed by atoms with E-state index in [1.54, 1.807) is 25.2 Å². The maximum atomic E-state index is 13.5. The fourth-order valence-corrected chi connectivity index (χ4v) is 2.88. The number of hydrogen-bond acceptors (Lipinski definition) is 4. The summed E-state index contributed by atoms with van der Waals surface area (Å²) < 4.78 is 16.6.